The minimum Gasteiger partial charge on any atom is -0.494 e. The fourth-order valence-corrected chi connectivity index (χ4v) is 2.00. The SMILES string of the molecule is COc1c(C(=O)O)n(C)c2ccc(Cl)cc12. The molecular formula is C11H10ClNO3. The highest BCUT2D eigenvalue weighted by Crippen LogP contribution is 2.33. The van der Waals surface area contributed by atoms with Crippen molar-refractivity contribution in [3.63, 3.8) is 0 Å². The number of aromatic carboxylic acids is 1. The lowest BCUT2D eigenvalue weighted by Gasteiger charge is -2.00. The summed E-state index contributed by atoms with van der Waals surface area (Å²) in [6.07, 6.45) is 0. The molecule has 0 spiro atoms. The van der Waals surface area contributed by atoms with E-state index < -0.39 is 5.97 Å². The number of nitrogens with zero attached hydrogens (tertiary/aromatic N) is 1. The molecular weight excluding hydrogens is 230 g/mol. The Balaban J connectivity index is 2.91. The predicted molar refractivity (Wildman–Crippen MR) is 61.4 cm³/mol. The van der Waals surface area contributed by atoms with Gasteiger partial charge in [-0.1, -0.05) is 11.6 Å². The molecule has 5 heteroatoms. The Kier molecular flexibility index (Phi) is 2.52. The van der Waals surface area contributed by atoms with Gasteiger partial charge in [0, 0.05) is 17.5 Å². The van der Waals surface area contributed by atoms with Crippen molar-refractivity contribution in [2.24, 2.45) is 7.05 Å². The van der Waals surface area contributed by atoms with Crippen LogP contribution in [0.2, 0.25) is 5.02 Å². The summed E-state index contributed by atoms with van der Waals surface area (Å²) in [5.74, 6) is -0.681. The number of carbonyl (C=O) groups is 1. The van der Waals surface area contributed by atoms with Crippen molar-refractivity contribution in [3.05, 3.63) is 28.9 Å². The van der Waals surface area contributed by atoms with Crippen molar-refractivity contribution in [2.45, 2.75) is 0 Å². The number of carboxylic acid groups (broad SMARTS) is 1. The van der Waals surface area contributed by atoms with Crippen LogP contribution < -0.4 is 4.74 Å². The van der Waals surface area contributed by atoms with E-state index in [9.17, 15) is 4.79 Å². The number of methoxy groups -OCH3 is 1. The van der Waals surface area contributed by atoms with E-state index in [1.54, 1.807) is 29.8 Å². The molecule has 2 aromatic rings. The second kappa shape index (κ2) is 3.72. The van der Waals surface area contributed by atoms with Crippen molar-refractivity contribution >= 4 is 28.5 Å². The van der Waals surface area contributed by atoms with E-state index in [1.807, 2.05) is 0 Å². The highest BCUT2D eigenvalue weighted by molar-refractivity contribution is 6.31. The number of hydrogen-bond donors (Lipinski definition) is 1. The number of carboxylic acids is 1. The minimum atomic E-state index is -1.02. The number of ether oxygens (including phenoxy) is 1. The third-order valence-corrected chi connectivity index (χ3v) is 2.76. The van der Waals surface area contributed by atoms with Crippen LogP contribution in [-0.4, -0.2) is 22.8 Å². The summed E-state index contributed by atoms with van der Waals surface area (Å²) < 4.78 is 6.71. The van der Waals surface area contributed by atoms with Crippen LogP contribution >= 0.6 is 11.6 Å². The average Bonchev–Trinajstić information content (AvgIpc) is 2.50. The largest absolute Gasteiger partial charge is 0.494 e. The number of halogens is 1. The molecule has 0 amide bonds. The molecule has 16 heavy (non-hydrogen) atoms. The molecule has 0 saturated heterocycles. The summed E-state index contributed by atoms with van der Waals surface area (Å²) >= 11 is 5.88. The third kappa shape index (κ3) is 1.42. The van der Waals surface area contributed by atoms with Gasteiger partial charge in [-0.25, -0.2) is 4.79 Å². The number of benzene rings is 1. The van der Waals surface area contributed by atoms with E-state index in [0.717, 1.165) is 5.52 Å². The number of fused-ring (bicyclic) bond motifs is 1. The lowest BCUT2D eigenvalue weighted by Crippen LogP contribution is -2.05. The Labute approximate surface area is 97.0 Å². The molecule has 2 rings (SSSR count). The Morgan fingerprint density at radius 3 is 2.75 bits per heavy atom. The number of aromatic nitrogens is 1. The molecule has 1 aromatic heterocycles. The van der Waals surface area contributed by atoms with Gasteiger partial charge < -0.3 is 14.4 Å². The van der Waals surface area contributed by atoms with Gasteiger partial charge in [0.05, 0.1) is 12.6 Å². The third-order valence-electron chi connectivity index (χ3n) is 2.52. The molecule has 0 fully saturated rings. The summed E-state index contributed by atoms with van der Waals surface area (Å²) in [6.45, 7) is 0. The maximum atomic E-state index is 11.1. The summed E-state index contributed by atoms with van der Waals surface area (Å²) in [6, 6.07) is 5.18. The summed E-state index contributed by atoms with van der Waals surface area (Å²) in [7, 11) is 3.13. The zero-order chi connectivity index (χ0) is 11.9. The van der Waals surface area contributed by atoms with Gasteiger partial charge in [-0.3, -0.25) is 0 Å². The first-order chi connectivity index (χ1) is 7.56. The molecule has 0 saturated carbocycles. The van der Waals surface area contributed by atoms with Crippen molar-refractivity contribution < 1.29 is 14.6 Å². The number of hydrogen-bond acceptors (Lipinski definition) is 2. The van der Waals surface area contributed by atoms with Crippen LogP contribution in [0.3, 0.4) is 0 Å². The van der Waals surface area contributed by atoms with E-state index >= 15 is 0 Å². The van der Waals surface area contributed by atoms with Crippen molar-refractivity contribution in [2.75, 3.05) is 7.11 Å². The van der Waals surface area contributed by atoms with Gasteiger partial charge in [-0.2, -0.15) is 0 Å². The normalized spacial score (nSPS) is 10.7. The van der Waals surface area contributed by atoms with E-state index in [0.29, 0.717) is 16.2 Å². The van der Waals surface area contributed by atoms with Crippen LogP contribution in [0.25, 0.3) is 10.9 Å². The second-order valence-corrected chi connectivity index (χ2v) is 3.84. The van der Waals surface area contributed by atoms with Crippen molar-refractivity contribution in [3.8, 4) is 5.75 Å². The summed E-state index contributed by atoms with van der Waals surface area (Å²) in [4.78, 5) is 11.1. The molecule has 0 bridgehead atoms. The first-order valence-corrected chi connectivity index (χ1v) is 4.99. The van der Waals surface area contributed by atoms with E-state index in [1.165, 1.54) is 7.11 Å². The van der Waals surface area contributed by atoms with Gasteiger partial charge >= 0.3 is 5.97 Å². The first-order valence-electron chi connectivity index (χ1n) is 4.61. The molecule has 0 radical (unpaired) electrons. The topological polar surface area (TPSA) is 51.5 Å². The van der Waals surface area contributed by atoms with Crippen molar-refractivity contribution in [1.29, 1.82) is 0 Å². The Hall–Kier alpha value is -1.68. The molecule has 84 valence electrons. The lowest BCUT2D eigenvalue weighted by molar-refractivity contribution is 0.0683. The van der Waals surface area contributed by atoms with Gasteiger partial charge in [0.1, 0.15) is 0 Å². The van der Waals surface area contributed by atoms with Gasteiger partial charge in [0.25, 0.3) is 0 Å². The smallest absolute Gasteiger partial charge is 0.356 e. The number of aryl methyl sites for hydroxylation is 1. The molecule has 0 aliphatic rings. The zero-order valence-electron chi connectivity index (χ0n) is 8.82. The Morgan fingerprint density at radius 1 is 1.50 bits per heavy atom. The van der Waals surface area contributed by atoms with Gasteiger partial charge in [0.15, 0.2) is 11.4 Å². The lowest BCUT2D eigenvalue weighted by atomic mass is 10.2. The maximum Gasteiger partial charge on any atom is 0.356 e. The molecule has 0 aliphatic carbocycles. The van der Waals surface area contributed by atoms with Crippen LogP contribution in [0.15, 0.2) is 18.2 Å². The predicted octanol–water partition coefficient (Wildman–Crippen LogP) is 2.54. The molecule has 4 nitrogen and oxygen atoms in total. The fraction of sp³-hybridized carbons (Fsp3) is 0.182. The molecule has 0 aliphatic heterocycles. The average molecular weight is 240 g/mol. The van der Waals surface area contributed by atoms with E-state index in [2.05, 4.69) is 0 Å². The standard InChI is InChI=1S/C11H10ClNO3/c1-13-8-4-3-6(12)5-7(8)10(16-2)9(13)11(14)15/h3-5H,1-2H3,(H,14,15). The number of rotatable bonds is 2. The molecule has 0 atom stereocenters. The van der Waals surface area contributed by atoms with Crippen LogP contribution in [0.1, 0.15) is 10.5 Å². The molecule has 1 N–H and O–H groups in total. The van der Waals surface area contributed by atoms with Crippen molar-refractivity contribution in [1.82, 2.24) is 4.57 Å². The molecule has 0 unspecified atom stereocenters. The monoisotopic (exact) mass is 239 g/mol. The minimum absolute atomic E-state index is 0.125. The van der Waals surface area contributed by atoms with E-state index in [-0.39, 0.29) is 5.69 Å². The highest BCUT2D eigenvalue weighted by Gasteiger charge is 2.21. The van der Waals surface area contributed by atoms with Crippen LogP contribution in [0.4, 0.5) is 0 Å². The fourth-order valence-electron chi connectivity index (χ4n) is 1.83. The van der Waals surface area contributed by atoms with Gasteiger partial charge in [-0.15, -0.1) is 0 Å². The van der Waals surface area contributed by atoms with Gasteiger partial charge in [0.2, 0.25) is 0 Å². The zero-order valence-corrected chi connectivity index (χ0v) is 9.58. The molecule has 1 aromatic carbocycles. The summed E-state index contributed by atoms with van der Waals surface area (Å²) in [5, 5.41) is 10.4. The molecule has 1 heterocycles. The maximum absolute atomic E-state index is 11.1. The summed E-state index contributed by atoms with van der Waals surface area (Å²) in [5.41, 5.74) is 0.901. The Morgan fingerprint density at radius 2 is 2.19 bits per heavy atom. The first kappa shape index (κ1) is 10.8. The van der Waals surface area contributed by atoms with Gasteiger partial charge in [-0.05, 0) is 18.2 Å². The Bertz CT molecular complexity index is 574. The van der Waals surface area contributed by atoms with Crippen LogP contribution in [-0.2, 0) is 7.05 Å². The van der Waals surface area contributed by atoms with Crippen LogP contribution in [0.5, 0.6) is 5.75 Å². The van der Waals surface area contributed by atoms with Crippen LogP contribution in [0, 0.1) is 0 Å². The van der Waals surface area contributed by atoms with E-state index in [4.69, 9.17) is 21.4 Å². The highest BCUT2D eigenvalue weighted by atomic mass is 35.5. The quantitative estimate of drug-likeness (QED) is 0.876. The second-order valence-electron chi connectivity index (χ2n) is 3.41.